The molecule has 0 aliphatic carbocycles. The predicted molar refractivity (Wildman–Crippen MR) is 213 cm³/mol. The molecule has 0 bridgehead atoms. The average molecular weight is 741 g/mol. The number of aromatic hydroxyl groups is 1. The zero-order valence-electron chi connectivity index (χ0n) is 31.3. The molecule has 2 aliphatic rings. The van der Waals surface area contributed by atoms with Crippen LogP contribution in [0.3, 0.4) is 0 Å². The van der Waals surface area contributed by atoms with Crippen LogP contribution < -0.4 is 10.7 Å². The van der Waals surface area contributed by atoms with Gasteiger partial charge >= 0.3 is 0 Å². The molecule has 0 radical (unpaired) electrons. The zero-order chi connectivity index (χ0) is 38.5. The fourth-order valence-electron chi connectivity index (χ4n) is 7.50. The summed E-state index contributed by atoms with van der Waals surface area (Å²) >= 11 is 0. The molecule has 284 valence electrons. The van der Waals surface area contributed by atoms with E-state index in [2.05, 4.69) is 28.4 Å². The van der Waals surface area contributed by atoms with Crippen molar-refractivity contribution in [2.75, 3.05) is 46.8 Å². The number of hydrogen-bond acceptors (Lipinski definition) is 8. The van der Waals surface area contributed by atoms with Crippen molar-refractivity contribution in [2.24, 2.45) is 0 Å². The van der Waals surface area contributed by atoms with Crippen molar-refractivity contribution < 1.29 is 19.5 Å². The van der Waals surface area contributed by atoms with Crippen molar-refractivity contribution in [2.45, 2.75) is 31.7 Å². The second kappa shape index (κ2) is 16.7. The summed E-state index contributed by atoms with van der Waals surface area (Å²) in [5.41, 5.74) is 9.92. The SMILES string of the molecule is C=CCN1CC(=O)N2[C@@H](Cc3ccc(O)cc3)C(=O)N(Cc3cccc4c(-c5ccc(C(=O)NCCN(C)C)cc5)c[nH]c34)C[C@@H]2N1NCc1ccccc1. The van der Waals surface area contributed by atoms with E-state index in [-0.39, 0.29) is 36.6 Å². The highest BCUT2D eigenvalue weighted by atomic mass is 16.3. The Kier molecular flexibility index (Phi) is 11.4. The number of nitrogens with zero attached hydrogens (tertiary/aromatic N) is 5. The van der Waals surface area contributed by atoms with Crippen LogP contribution in [0, 0.1) is 0 Å². The lowest BCUT2D eigenvalue weighted by molar-refractivity contribution is -0.217. The van der Waals surface area contributed by atoms with Gasteiger partial charge in [-0.05, 0) is 60.6 Å². The van der Waals surface area contributed by atoms with Crippen LogP contribution in [-0.2, 0) is 29.1 Å². The molecule has 4 aromatic carbocycles. The van der Waals surface area contributed by atoms with Crippen molar-refractivity contribution in [3.8, 4) is 16.9 Å². The largest absolute Gasteiger partial charge is 0.508 e. The molecule has 12 nitrogen and oxygen atoms in total. The van der Waals surface area contributed by atoms with Crippen LogP contribution in [0.4, 0.5) is 0 Å². The minimum absolute atomic E-state index is 0.0936. The lowest BCUT2D eigenvalue weighted by Crippen LogP contribution is -2.77. The first-order chi connectivity index (χ1) is 26.7. The van der Waals surface area contributed by atoms with E-state index in [0.717, 1.165) is 45.3 Å². The van der Waals surface area contributed by atoms with Crippen LogP contribution in [0.25, 0.3) is 22.0 Å². The average Bonchev–Trinajstić information content (AvgIpc) is 3.62. The number of phenolic OH excluding ortho intramolecular Hbond substituents is 1. The Labute approximate surface area is 321 Å². The number of aromatic amines is 1. The molecule has 3 heterocycles. The highest BCUT2D eigenvalue weighted by Gasteiger charge is 2.49. The van der Waals surface area contributed by atoms with E-state index in [0.29, 0.717) is 38.2 Å². The Hall–Kier alpha value is -5.79. The molecule has 2 atom stereocenters. The van der Waals surface area contributed by atoms with Gasteiger partial charge in [0.25, 0.3) is 5.91 Å². The number of carbonyl (C=O) groups excluding carboxylic acids is 3. The van der Waals surface area contributed by atoms with E-state index in [1.165, 1.54) is 0 Å². The molecule has 3 amide bonds. The summed E-state index contributed by atoms with van der Waals surface area (Å²) in [6, 6.07) is 29.8. The number of aromatic nitrogens is 1. The Morgan fingerprint density at radius 3 is 2.45 bits per heavy atom. The number of rotatable bonds is 14. The molecular weight excluding hydrogens is 693 g/mol. The Bertz CT molecular complexity index is 2130. The number of likely N-dealkylation sites (N-methyl/N-ethyl adjacent to an activating group) is 1. The number of phenols is 1. The first kappa shape index (κ1) is 37.5. The van der Waals surface area contributed by atoms with Crippen LogP contribution in [0.1, 0.15) is 27.0 Å². The summed E-state index contributed by atoms with van der Waals surface area (Å²) in [7, 11) is 3.94. The van der Waals surface area contributed by atoms with Crippen LogP contribution in [0.2, 0.25) is 0 Å². The smallest absolute Gasteiger partial charge is 0.251 e. The van der Waals surface area contributed by atoms with Gasteiger partial charge in [-0.1, -0.05) is 78.9 Å². The summed E-state index contributed by atoms with van der Waals surface area (Å²) in [5, 5.41) is 17.9. The monoisotopic (exact) mass is 740 g/mol. The minimum atomic E-state index is -0.764. The Morgan fingerprint density at radius 2 is 1.73 bits per heavy atom. The van der Waals surface area contributed by atoms with Gasteiger partial charge in [0.1, 0.15) is 18.0 Å². The van der Waals surface area contributed by atoms with Gasteiger partial charge in [0.15, 0.2) is 0 Å². The van der Waals surface area contributed by atoms with E-state index in [1.807, 2.05) is 107 Å². The number of amides is 3. The molecule has 4 N–H and O–H groups in total. The lowest BCUT2D eigenvalue weighted by Gasteiger charge is -2.55. The third-order valence-electron chi connectivity index (χ3n) is 10.3. The summed E-state index contributed by atoms with van der Waals surface area (Å²) in [4.78, 5) is 50.4. The van der Waals surface area contributed by atoms with Crippen molar-refractivity contribution in [3.63, 3.8) is 0 Å². The molecule has 0 saturated carbocycles. The molecule has 2 aliphatic heterocycles. The fourth-order valence-corrected chi connectivity index (χ4v) is 7.50. The van der Waals surface area contributed by atoms with Gasteiger partial charge in [-0.25, -0.2) is 10.4 Å². The Balaban J connectivity index is 1.18. The lowest BCUT2D eigenvalue weighted by atomic mass is 9.98. The number of H-pyrrole nitrogens is 1. The molecule has 0 unspecified atom stereocenters. The maximum absolute atomic E-state index is 14.6. The number of hydrogen-bond donors (Lipinski definition) is 4. The number of carbonyl (C=O) groups is 3. The number of fused-ring (bicyclic) bond motifs is 2. The molecule has 1 aromatic heterocycles. The number of nitrogens with one attached hydrogen (secondary N) is 3. The van der Waals surface area contributed by atoms with Crippen molar-refractivity contribution >= 4 is 28.6 Å². The molecule has 2 fully saturated rings. The third-order valence-corrected chi connectivity index (χ3v) is 10.3. The summed E-state index contributed by atoms with van der Waals surface area (Å²) < 4.78 is 0. The van der Waals surface area contributed by atoms with Gasteiger partial charge in [-0.15, -0.1) is 6.58 Å². The van der Waals surface area contributed by atoms with E-state index < -0.39 is 12.2 Å². The molecule has 5 aromatic rings. The normalized spacial score (nSPS) is 17.9. The summed E-state index contributed by atoms with van der Waals surface area (Å²) in [6.45, 7) is 6.94. The van der Waals surface area contributed by atoms with E-state index >= 15 is 0 Å². The summed E-state index contributed by atoms with van der Waals surface area (Å²) in [6.07, 6.45) is 3.54. The van der Waals surface area contributed by atoms with Gasteiger partial charge < -0.3 is 30.1 Å². The van der Waals surface area contributed by atoms with Crippen LogP contribution in [-0.4, -0.2) is 112 Å². The topological polar surface area (TPSA) is 127 Å². The maximum atomic E-state index is 14.6. The van der Waals surface area contributed by atoms with Crippen molar-refractivity contribution in [1.29, 1.82) is 0 Å². The van der Waals surface area contributed by atoms with E-state index in [4.69, 9.17) is 0 Å². The number of benzene rings is 4. The molecule has 0 spiro atoms. The van der Waals surface area contributed by atoms with Crippen molar-refractivity contribution in [1.82, 2.24) is 40.6 Å². The third kappa shape index (κ3) is 8.32. The second-order valence-electron chi connectivity index (χ2n) is 14.4. The highest BCUT2D eigenvalue weighted by Crippen LogP contribution is 2.33. The molecule has 2 saturated heterocycles. The number of para-hydroxylation sites is 1. The fraction of sp³-hybridized carbons (Fsp3) is 0.279. The number of hydrazine groups is 2. The predicted octanol–water partition coefficient (Wildman–Crippen LogP) is 4.36. The quantitative estimate of drug-likeness (QED) is 0.124. The van der Waals surface area contributed by atoms with Gasteiger partial charge in [0, 0.05) is 61.9 Å². The first-order valence-corrected chi connectivity index (χ1v) is 18.6. The van der Waals surface area contributed by atoms with Crippen LogP contribution >= 0.6 is 0 Å². The Morgan fingerprint density at radius 1 is 0.964 bits per heavy atom. The summed E-state index contributed by atoms with van der Waals surface area (Å²) in [5.74, 6) is -0.237. The zero-order valence-corrected chi connectivity index (χ0v) is 31.3. The molecule has 7 rings (SSSR count). The number of piperazine rings is 1. The van der Waals surface area contributed by atoms with Gasteiger partial charge in [0.2, 0.25) is 11.8 Å². The minimum Gasteiger partial charge on any atom is -0.508 e. The van der Waals surface area contributed by atoms with Gasteiger partial charge in [0.05, 0.1) is 18.6 Å². The standard InChI is InChI=1S/C43H48N8O4/c1-4-22-49-29-40(53)50-38(24-30-13-19-35(52)20-14-30)43(55)48(28-39(50)51(49)46-25-31-9-6-5-7-10-31)27-34-11-8-12-36-37(26-45-41(34)36)32-15-17-33(18-16-32)42(54)44-21-23-47(2)3/h4-20,26,38-39,45-46,52H,1,21-25,27-29H2,2-3H3,(H,44,54)/t38-,39-/m0/s1. The molecule has 12 heteroatoms. The van der Waals surface area contributed by atoms with Crippen LogP contribution in [0.15, 0.2) is 116 Å². The van der Waals surface area contributed by atoms with Crippen molar-refractivity contribution in [3.05, 3.63) is 138 Å². The van der Waals surface area contributed by atoms with E-state index in [1.54, 1.807) is 35.2 Å². The van der Waals surface area contributed by atoms with Crippen LogP contribution in [0.5, 0.6) is 5.75 Å². The second-order valence-corrected chi connectivity index (χ2v) is 14.4. The van der Waals surface area contributed by atoms with Gasteiger partial charge in [-0.3, -0.25) is 14.4 Å². The first-order valence-electron chi connectivity index (χ1n) is 18.6. The highest BCUT2D eigenvalue weighted by molar-refractivity contribution is 5.99. The molecular formula is C43H48N8O4. The maximum Gasteiger partial charge on any atom is 0.251 e. The van der Waals surface area contributed by atoms with Gasteiger partial charge in [-0.2, -0.15) is 5.12 Å². The molecule has 55 heavy (non-hydrogen) atoms. The van der Waals surface area contributed by atoms with E-state index in [9.17, 15) is 19.5 Å².